The Bertz CT molecular complexity index is 612. The van der Waals surface area contributed by atoms with Crippen LogP contribution in [0.15, 0.2) is 46.9 Å². The molecule has 0 bridgehead atoms. The number of hydrogen-bond acceptors (Lipinski definition) is 3. The highest BCUT2D eigenvalue weighted by Gasteiger charge is 2.03. The van der Waals surface area contributed by atoms with Crippen molar-refractivity contribution in [1.82, 2.24) is 0 Å². The maximum atomic E-state index is 9.09. The van der Waals surface area contributed by atoms with Crippen molar-refractivity contribution in [3.05, 3.63) is 52.5 Å². The molecule has 2 aromatic rings. The maximum Gasteiger partial charge on any atom is 0.101 e. The first-order chi connectivity index (χ1) is 9.10. The lowest BCUT2D eigenvalue weighted by atomic mass is 10.2. The average molecular weight is 316 g/mol. The standard InChI is InChI=1S/C15H14BrN3/c1-19(2)14-7-5-13(6-8-14)18-15-9-12(16)4-3-11(15)10-17/h3-9,18H,1-2H3. The van der Waals surface area contributed by atoms with Crippen LogP contribution >= 0.6 is 15.9 Å². The van der Waals surface area contributed by atoms with Crippen molar-refractivity contribution < 1.29 is 0 Å². The third-order valence-corrected chi connectivity index (χ3v) is 3.26. The Hall–Kier alpha value is -1.99. The highest BCUT2D eigenvalue weighted by molar-refractivity contribution is 9.10. The molecular formula is C15H14BrN3. The summed E-state index contributed by atoms with van der Waals surface area (Å²) in [5.41, 5.74) is 3.52. The lowest BCUT2D eigenvalue weighted by Crippen LogP contribution is -2.08. The van der Waals surface area contributed by atoms with E-state index in [-0.39, 0.29) is 0 Å². The molecule has 0 saturated carbocycles. The molecule has 3 nitrogen and oxygen atoms in total. The third kappa shape index (κ3) is 3.27. The molecule has 0 aliphatic heterocycles. The summed E-state index contributed by atoms with van der Waals surface area (Å²) in [5, 5.41) is 12.4. The first kappa shape index (κ1) is 13.4. The zero-order valence-electron chi connectivity index (χ0n) is 10.8. The predicted molar refractivity (Wildman–Crippen MR) is 82.9 cm³/mol. The number of nitrogens with zero attached hydrogens (tertiary/aromatic N) is 2. The molecule has 19 heavy (non-hydrogen) atoms. The van der Waals surface area contributed by atoms with E-state index in [2.05, 4.69) is 27.3 Å². The van der Waals surface area contributed by atoms with Gasteiger partial charge in [-0.25, -0.2) is 0 Å². The van der Waals surface area contributed by atoms with E-state index in [1.807, 2.05) is 55.4 Å². The van der Waals surface area contributed by atoms with Crippen LogP contribution in [0.4, 0.5) is 17.1 Å². The summed E-state index contributed by atoms with van der Waals surface area (Å²) in [6.07, 6.45) is 0. The summed E-state index contributed by atoms with van der Waals surface area (Å²) in [6, 6.07) is 15.8. The molecule has 0 amide bonds. The summed E-state index contributed by atoms with van der Waals surface area (Å²) in [4.78, 5) is 2.05. The van der Waals surface area contributed by atoms with E-state index >= 15 is 0 Å². The molecular weight excluding hydrogens is 302 g/mol. The van der Waals surface area contributed by atoms with E-state index in [4.69, 9.17) is 5.26 Å². The summed E-state index contributed by atoms with van der Waals surface area (Å²) in [6.45, 7) is 0. The molecule has 4 heteroatoms. The fourth-order valence-corrected chi connectivity index (χ4v) is 2.08. The Kier molecular flexibility index (Phi) is 4.08. The van der Waals surface area contributed by atoms with Gasteiger partial charge in [0.1, 0.15) is 6.07 Å². The number of benzene rings is 2. The van der Waals surface area contributed by atoms with Gasteiger partial charge in [0.15, 0.2) is 0 Å². The van der Waals surface area contributed by atoms with E-state index in [0.717, 1.165) is 21.5 Å². The van der Waals surface area contributed by atoms with Gasteiger partial charge in [-0.15, -0.1) is 0 Å². The van der Waals surface area contributed by atoms with Gasteiger partial charge in [0, 0.05) is 29.9 Å². The summed E-state index contributed by atoms with van der Waals surface area (Å²) >= 11 is 3.41. The van der Waals surface area contributed by atoms with Gasteiger partial charge in [-0.3, -0.25) is 0 Å². The fourth-order valence-electron chi connectivity index (χ4n) is 1.72. The van der Waals surface area contributed by atoms with E-state index in [9.17, 15) is 0 Å². The fraction of sp³-hybridized carbons (Fsp3) is 0.133. The van der Waals surface area contributed by atoms with Crippen LogP contribution in [0, 0.1) is 11.3 Å². The number of rotatable bonds is 3. The molecule has 96 valence electrons. The molecule has 0 aromatic heterocycles. The number of hydrogen-bond donors (Lipinski definition) is 1. The van der Waals surface area contributed by atoms with Crippen LogP contribution in [0.25, 0.3) is 0 Å². The Morgan fingerprint density at radius 2 is 1.79 bits per heavy atom. The monoisotopic (exact) mass is 315 g/mol. The average Bonchev–Trinajstić information content (AvgIpc) is 2.39. The van der Waals surface area contributed by atoms with Crippen LogP contribution in [0.1, 0.15) is 5.56 Å². The first-order valence-electron chi connectivity index (χ1n) is 5.84. The first-order valence-corrected chi connectivity index (χ1v) is 6.63. The number of anilines is 3. The molecule has 2 aromatic carbocycles. The van der Waals surface area contributed by atoms with E-state index in [1.54, 1.807) is 6.07 Å². The van der Waals surface area contributed by atoms with Crippen LogP contribution in [0.5, 0.6) is 0 Å². The zero-order valence-corrected chi connectivity index (χ0v) is 12.4. The van der Waals surface area contributed by atoms with Crippen molar-refractivity contribution >= 4 is 33.0 Å². The van der Waals surface area contributed by atoms with Crippen molar-refractivity contribution in [2.45, 2.75) is 0 Å². The minimum Gasteiger partial charge on any atom is -0.378 e. The van der Waals surface area contributed by atoms with Crippen LogP contribution < -0.4 is 10.2 Å². The van der Waals surface area contributed by atoms with Gasteiger partial charge >= 0.3 is 0 Å². The van der Waals surface area contributed by atoms with E-state index in [1.165, 1.54) is 0 Å². The summed E-state index contributed by atoms with van der Waals surface area (Å²) in [5.74, 6) is 0. The molecule has 0 unspecified atom stereocenters. The SMILES string of the molecule is CN(C)c1ccc(Nc2cc(Br)ccc2C#N)cc1. The minimum absolute atomic E-state index is 0.625. The highest BCUT2D eigenvalue weighted by Crippen LogP contribution is 2.25. The van der Waals surface area contributed by atoms with Gasteiger partial charge in [0.25, 0.3) is 0 Å². The van der Waals surface area contributed by atoms with Crippen molar-refractivity contribution in [1.29, 1.82) is 5.26 Å². The highest BCUT2D eigenvalue weighted by atomic mass is 79.9. The summed E-state index contributed by atoms with van der Waals surface area (Å²) < 4.78 is 0.943. The predicted octanol–water partition coefficient (Wildman–Crippen LogP) is 4.13. The van der Waals surface area contributed by atoms with Crippen LogP contribution in [-0.4, -0.2) is 14.1 Å². The molecule has 0 aliphatic carbocycles. The molecule has 1 N–H and O–H groups in total. The normalized spacial score (nSPS) is 9.79. The molecule has 0 saturated heterocycles. The van der Waals surface area contributed by atoms with E-state index < -0.39 is 0 Å². The smallest absolute Gasteiger partial charge is 0.101 e. The number of halogens is 1. The van der Waals surface area contributed by atoms with Crippen molar-refractivity contribution in [2.24, 2.45) is 0 Å². The number of nitrogens with one attached hydrogen (secondary N) is 1. The van der Waals surface area contributed by atoms with Gasteiger partial charge < -0.3 is 10.2 Å². The van der Waals surface area contributed by atoms with Gasteiger partial charge in [0.05, 0.1) is 11.3 Å². The van der Waals surface area contributed by atoms with Crippen LogP contribution in [0.2, 0.25) is 0 Å². The molecule has 0 heterocycles. The Morgan fingerprint density at radius 3 is 2.37 bits per heavy atom. The second kappa shape index (κ2) is 5.77. The molecule has 0 fully saturated rings. The number of nitriles is 1. The molecule has 0 atom stereocenters. The lowest BCUT2D eigenvalue weighted by Gasteiger charge is -2.14. The molecule has 0 radical (unpaired) electrons. The Balaban J connectivity index is 2.26. The second-order valence-corrected chi connectivity index (χ2v) is 5.28. The maximum absolute atomic E-state index is 9.09. The molecule has 0 aliphatic rings. The topological polar surface area (TPSA) is 39.1 Å². The molecule has 0 spiro atoms. The van der Waals surface area contributed by atoms with Gasteiger partial charge in [-0.05, 0) is 42.5 Å². The second-order valence-electron chi connectivity index (χ2n) is 4.37. The molecule has 2 rings (SSSR count). The van der Waals surface area contributed by atoms with E-state index in [0.29, 0.717) is 5.56 Å². The van der Waals surface area contributed by atoms with Gasteiger partial charge in [-0.1, -0.05) is 15.9 Å². The summed E-state index contributed by atoms with van der Waals surface area (Å²) in [7, 11) is 4.01. The Labute approximate surface area is 121 Å². The van der Waals surface area contributed by atoms with Gasteiger partial charge in [0.2, 0.25) is 0 Å². The van der Waals surface area contributed by atoms with Crippen LogP contribution in [0.3, 0.4) is 0 Å². The van der Waals surface area contributed by atoms with Crippen LogP contribution in [-0.2, 0) is 0 Å². The quantitative estimate of drug-likeness (QED) is 0.925. The van der Waals surface area contributed by atoms with Crippen molar-refractivity contribution in [3.8, 4) is 6.07 Å². The lowest BCUT2D eigenvalue weighted by molar-refractivity contribution is 1.13. The van der Waals surface area contributed by atoms with Gasteiger partial charge in [-0.2, -0.15) is 5.26 Å². The van der Waals surface area contributed by atoms with Crippen molar-refractivity contribution in [3.63, 3.8) is 0 Å². The van der Waals surface area contributed by atoms with Crippen molar-refractivity contribution in [2.75, 3.05) is 24.3 Å². The third-order valence-electron chi connectivity index (χ3n) is 2.76. The minimum atomic E-state index is 0.625. The zero-order chi connectivity index (χ0) is 13.8. The Morgan fingerprint density at radius 1 is 1.11 bits per heavy atom. The largest absolute Gasteiger partial charge is 0.378 e.